The van der Waals surface area contributed by atoms with Gasteiger partial charge in [0.05, 0.1) is 15.3 Å². The molecule has 0 bridgehead atoms. The van der Waals surface area contributed by atoms with Crippen molar-refractivity contribution in [2.75, 3.05) is 82.6 Å². The zero-order valence-corrected chi connectivity index (χ0v) is 41.3. The molecule has 0 atom stereocenters. The maximum atomic E-state index is 9.28. The minimum atomic E-state index is -1.75. The van der Waals surface area contributed by atoms with E-state index in [4.69, 9.17) is 46.0 Å². The molecular weight excluding hydrogens is 1100 g/mol. The van der Waals surface area contributed by atoms with Crippen LogP contribution >= 0.6 is 0 Å². The van der Waals surface area contributed by atoms with E-state index in [1.165, 1.54) is 0 Å². The fourth-order valence-corrected chi connectivity index (χ4v) is 3.90. The van der Waals surface area contributed by atoms with Crippen molar-refractivity contribution in [3.63, 3.8) is 0 Å². The number of hydrogen-bond donors (Lipinski definition) is 2. The van der Waals surface area contributed by atoms with E-state index < -0.39 is 15.3 Å². The van der Waals surface area contributed by atoms with Crippen LogP contribution in [0.2, 0.25) is 0 Å². The number of aromatic nitrogens is 12. The Labute approximate surface area is 420 Å². The Kier molecular flexibility index (Phi) is 38.0. The molecule has 31 nitrogen and oxygen atoms in total. The molecule has 0 amide bonds. The monoisotopic (exact) mass is 1150 g/mol. The van der Waals surface area contributed by atoms with Gasteiger partial charge in [-0.15, -0.1) is 0 Å². The van der Waals surface area contributed by atoms with Gasteiger partial charge >= 0.3 is 20.4 Å². The summed E-state index contributed by atoms with van der Waals surface area (Å²) < 4.78 is 7.11. The van der Waals surface area contributed by atoms with Crippen molar-refractivity contribution in [3.8, 4) is 45.6 Å². The molecule has 33 heteroatoms. The Morgan fingerprint density at radius 3 is 0.928 bits per heavy atom. The van der Waals surface area contributed by atoms with E-state index in [-0.39, 0.29) is 45.6 Å². The number of hydrogen-bond acceptors (Lipinski definition) is 24. The van der Waals surface area contributed by atoms with E-state index in [2.05, 4.69) is 141 Å². The third-order valence-electron chi connectivity index (χ3n) is 6.87. The predicted octanol–water partition coefficient (Wildman–Crippen LogP) is 2.10. The molecule has 0 aliphatic heterocycles. The van der Waals surface area contributed by atoms with E-state index in [1.54, 1.807) is 49.6 Å². The Morgan fingerprint density at radius 1 is 0.522 bits per heavy atom. The second-order valence-corrected chi connectivity index (χ2v) is 13.3. The normalized spacial score (nSPS) is 9.39. The van der Waals surface area contributed by atoms with Gasteiger partial charge < -0.3 is 65.6 Å². The first-order valence-electron chi connectivity index (χ1n) is 18.7. The van der Waals surface area contributed by atoms with Gasteiger partial charge in [-0.2, -0.15) is 15.1 Å². The predicted molar refractivity (Wildman–Crippen MR) is 239 cm³/mol. The Hall–Kier alpha value is -7.36. The van der Waals surface area contributed by atoms with E-state index >= 15 is 0 Å². The summed E-state index contributed by atoms with van der Waals surface area (Å²) in [7, 11) is 16.7. The SMILES string of the molecule is CN(C)CCN(C)C.CN(C)CCN(C)C.O=[N+]([O-])[O-].O=[N+]([O-])[O-].O=[N+]([O-])[O-].O=[n+]1o[n-]o1.[Pd+2].[Pd].c1cncc(-c2n[nH]c(-c3cccnc3)n2)c1.c1cncc(-c2n[nH]c(-c3cccnc3)n2)c1. The van der Waals surface area contributed by atoms with Crippen molar-refractivity contribution in [1.82, 2.24) is 75.2 Å². The van der Waals surface area contributed by atoms with E-state index in [0.29, 0.717) is 23.3 Å². The molecule has 2 N–H and O–H groups in total. The van der Waals surface area contributed by atoms with Crippen LogP contribution in [0.25, 0.3) is 45.6 Å². The summed E-state index contributed by atoms with van der Waals surface area (Å²) in [6, 6.07) is 15.1. The maximum Gasteiger partial charge on any atom is 2.00 e. The molecule has 69 heavy (non-hydrogen) atoms. The van der Waals surface area contributed by atoms with Gasteiger partial charge in [0.25, 0.3) is 0 Å². The third-order valence-corrected chi connectivity index (χ3v) is 6.87. The standard InChI is InChI=1S/2C12H9N5.2C6H16N2.N2O3.3NO3.2Pd/c2*1-3-9(7-13-5-1)11-15-12(17-16-11)10-4-2-6-14-8-10;2*1-7(2)5-6-8(3)4;3-2-4-1-5-2;3*2-1(3)4;;/h2*1-8H,(H,15,16,17);2*5-6H2,1-4H3;;;;;;/q;;;;;3*-1;;+2. The Bertz CT molecular complexity index is 2050. The van der Waals surface area contributed by atoms with Crippen LogP contribution in [-0.4, -0.2) is 168 Å². The van der Waals surface area contributed by atoms with Gasteiger partial charge in [-0.3, -0.25) is 39.4 Å². The smallest absolute Gasteiger partial charge is 0.356 e. The molecule has 7 rings (SSSR count). The third kappa shape index (κ3) is 37.4. The first kappa shape index (κ1) is 65.9. The number of likely N-dealkylation sites (N-methyl/N-ethyl adjacent to an activating group) is 4. The summed E-state index contributed by atoms with van der Waals surface area (Å²) in [5, 5.41) is 61.0. The van der Waals surface area contributed by atoms with Crippen LogP contribution in [0.5, 0.6) is 0 Å². The number of H-pyrrole nitrogens is 2. The molecule has 0 spiro atoms. The molecule has 0 saturated heterocycles. The molecule has 7 aromatic rings. The number of aromatic amines is 2. The Morgan fingerprint density at radius 2 is 0.754 bits per heavy atom. The van der Waals surface area contributed by atoms with Crippen LogP contribution in [0.3, 0.4) is 0 Å². The summed E-state index contributed by atoms with van der Waals surface area (Å²) in [5.74, 6) is 2.68. The van der Waals surface area contributed by atoms with Crippen molar-refractivity contribution < 1.29 is 70.1 Å². The molecular formula is C36H50N19O12Pd2-. The van der Waals surface area contributed by atoms with E-state index in [1.807, 2.05) is 48.5 Å². The second-order valence-electron chi connectivity index (χ2n) is 13.3. The number of nitrogens with one attached hydrogen (secondary N) is 2. The first-order valence-corrected chi connectivity index (χ1v) is 18.7. The van der Waals surface area contributed by atoms with Crippen LogP contribution in [0.4, 0.5) is 0 Å². The molecule has 0 aromatic carbocycles. The van der Waals surface area contributed by atoms with Gasteiger partial charge in [0.2, 0.25) is 0 Å². The average Bonchev–Trinajstić information content (AvgIpc) is 3.98. The van der Waals surface area contributed by atoms with Crippen molar-refractivity contribution in [1.29, 1.82) is 0 Å². The van der Waals surface area contributed by atoms with Crippen LogP contribution in [-0.2, 0) is 40.8 Å². The van der Waals surface area contributed by atoms with Gasteiger partial charge in [-0.25, -0.2) is 9.97 Å². The zero-order chi connectivity index (χ0) is 50.6. The second kappa shape index (κ2) is 39.8. The molecule has 0 fully saturated rings. The minimum absolute atomic E-state index is 0. The van der Waals surface area contributed by atoms with Crippen molar-refractivity contribution >= 4 is 0 Å². The van der Waals surface area contributed by atoms with Crippen LogP contribution in [0.15, 0.2) is 107 Å². The summed E-state index contributed by atoms with van der Waals surface area (Å²) in [4.78, 5) is 67.7. The molecule has 382 valence electrons. The summed E-state index contributed by atoms with van der Waals surface area (Å²) >= 11 is 0. The topological polar surface area (TPSA) is 410 Å². The van der Waals surface area contributed by atoms with Gasteiger partial charge in [0.15, 0.2) is 23.3 Å². The Balaban J connectivity index is -0.000000777. The van der Waals surface area contributed by atoms with Crippen LogP contribution < -0.4 is 10.1 Å². The van der Waals surface area contributed by atoms with Crippen LogP contribution in [0, 0.1) is 50.9 Å². The van der Waals surface area contributed by atoms with Gasteiger partial charge in [0.1, 0.15) is 4.77 Å². The van der Waals surface area contributed by atoms with Gasteiger partial charge in [-0.05, 0) is 110 Å². The van der Waals surface area contributed by atoms with Gasteiger partial charge in [0, 0.05) is 118 Å². The molecule has 7 heterocycles. The van der Waals surface area contributed by atoms with Crippen molar-refractivity contribution in [2.45, 2.75) is 0 Å². The van der Waals surface area contributed by atoms with Gasteiger partial charge in [-0.1, -0.05) is 0 Å². The maximum absolute atomic E-state index is 9.28. The summed E-state index contributed by atoms with van der Waals surface area (Å²) in [6.07, 6.45) is 13.8. The fourth-order valence-electron chi connectivity index (χ4n) is 3.90. The molecule has 0 aliphatic rings. The molecule has 0 unspecified atom stereocenters. The van der Waals surface area contributed by atoms with Crippen molar-refractivity contribution in [2.24, 2.45) is 0 Å². The quantitative estimate of drug-likeness (QED) is 0.112. The van der Waals surface area contributed by atoms with Crippen LogP contribution in [0.1, 0.15) is 0 Å². The molecule has 0 radical (unpaired) electrons. The summed E-state index contributed by atoms with van der Waals surface area (Å²) in [6.45, 7) is 4.58. The fraction of sp³-hybridized carbons (Fsp3) is 0.333. The molecule has 0 aliphatic carbocycles. The summed E-state index contributed by atoms with van der Waals surface area (Å²) in [5.41, 5.74) is 3.60. The number of rotatable bonds is 10. The largest absolute Gasteiger partial charge is 2.00 e. The molecule has 7 aromatic heterocycles. The number of pyridine rings is 4. The molecule has 0 saturated carbocycles. The van der Waals surface area contributed by atoms with Crippen molar-refractivity contribution in [3.05, 3.63) is 149 Å². The first-order chi connectivity index (χ1) is 31.7. The van der Waals surface area contributed by atoms with E-state index in [0.717, 1.165) is 48.4 Å². The number of nitrogens with zero attached hydrogens (tertiary/aromatic N) is 17. The minimum Gasteiger partial charge on any atom is -0.356 e. The van der Waals surface area contributed by atoms with E-state index in [9.17, 15) is 4.91 Å². The average molecular weight is 1150 g/mol. The zero-order valence-electron chi connectivity index (χ0n) is 38.2.